The van der Waals surface area contributed by atoms with Gasteiger partial charge in [0, 0.05) is 51.9 Å². The zero-order chi connectivity index (χ0) is 17.3. The van der Waals surface area contributed by atoms with Crippen LogP contribution < -0.4 is 5.32 Å². The molecule has 0 bridgehead atoms. The summed E-state index contributed by atoms with van der Waals surface area (Å²) >= 11 is 0. The third-order valence-electron chi connectivity index (χ3n) is 6.06. The maximum atomic E-state index is 12.6. The highest BCUT2D eigenvalue weighted by Gasteiger charge is 2.57. The van der Waals surface area contributed by atoms with Crippen molar-refractivity contribution in [3.8, 4) is 0 Å². The molecule has 1 aliphatic carbocycles. The third kappa shape index (κ3) is 2.88. The second kappa shape index (κ2) is 6.88. The smallest absolute Gasteiger partial charge is 0.318 e. The van der Waals surface area contributed by atoms with Crippen molar-refractivity contribution in [1.29, 1.82) is 0 Å². The van der Waals surface area contributed by atoms with E-state index in [0.717, 1.165) is 32.5 Å². The van der Waals surface area contributed by atoms with Crippen LogP contribution in [0.1, 0.15) is 32.6 Å². The average Bonchev–Trinajstić information content (AvgIpc) is 2.93. The number of nitrogens with zero attached hydrogens (tertiary/aromatic N) is 2. The monoisotopic (exact) mass is 339 g/mol. The van der Waals surface area contributed by atoms with Crippen molar-refractivity contribution in [1.82, 2.24) is 15.1 Å². The first kappa shape index (κ1) is 17.5. The third-order valence-corrected chi connectivity index (χ3v) is 6.06. The van der Waals surface area contributed by atoms with Crippen molar-refractivity contribution in [2.24, 2.45) is 5.41 Å². The molecule has 2 aliphatic heterocycles. The number of urea groups is 1. The van der Waals surface area contributed by atoms with Gasteiger partial charge in [0.15, 0.2) is 0 Å². The molecule has 2 heterocycles. The predicted molar refractivity (Wildman–Crippen MR) is 88.6 cm³/mol. The molecule has 0 aromatic heterocycles. The molecule has 0 aromatic carbocycles. The Morgan fingerprint density at radius 2 is 2.17 bits per heavy atom. The van der Waals surface area contributed by atoms with Crippen LogP contribution in [0.15, 0.2) is 0 Å². The van der Waals surface area contributed by atoms with Crippen LogP contribution in [0.25, 0.3) is 0 Å². The van der Waals surface area contributed by atoms with Gasteiger partial charge < -0.3 is 24.6 Å². The van der Waals surface area contributed by atoms with Crippen molar-refractivity contribution in [2.75, 3.05) is 40.5 Å². The average molecular weight is 339 g/mol. The molecule has 3 atom stereocenters. The van der Waals surface area contributed by atoms with Crippen LogP contribution in [0.2, 0.25) is 0 Å². The molecule has 1 spiro atoms. The van der Waals surface area contributed by atoms with Crippen molar-refractivity contribution in [3.63, 3.8) is 0 Å². The van der Waals surface area contributed by atoms with E-state index in [1.807, 2.05) is 6.92 Å². The Labute approximate surface area is 143 Å². The quantitative estimate of drug-likeness (QED) is 0.824. The van der Waals surface area contributed by atoms with Gasteiger partial charge in [0.2, 0.25) is 5.91 Å². The van der Waals surface area contributed by atoms with Gasteiger partial charge in [-0.15, -0.1) is 0 Å². The number of ether oxygens (including phenoxy) is 2. The van der Waals surface area contributed by atoms with E-state index >= 15 is 0 Å². The van der Waals surface area contributed by atoms with Crippen LogP contribution in [0.5, 0.6) is 0 Å². The summed E-state index contributed by atoms with van der Waals surface area (Å²) in [6.45, 7) is 4.85. The molecule has 3 aliphatic rings. The van der Waals surface area contributed by atoms with E-state index in [-0.39, 0.29) is 35.5 Å². The Kier molecular flexibility index (Phi) is 5.01. The molecule has 136 valence electrons. The zero-order valence-corrected chi connectivity index (χ0v) is 14.9. The Balaban J connectivity index is 1.62. The van der Waals surface area contributed by atoms with Gasteiger partial charge in [-0.05, 0) is 32.6 Å². The summed E-state index contributed by atoms with van der Waals surface area (Å²) < 4.78 is 11.4. The topological polar surface area (TPSA) is 71.1 Å². The number of hydrogen-bond donors (Lipinski definition) is 1. The number of nitrogens with one attached hydrogen (secondary N) is 1. The second-order valence-corrected chi connectivity index (χ2v) is 7.20. The van der Waals surface area contributed by atoms with Crippen molar-refractivity contribution in [3.05, 3.63) is 0 Å². The Morgan fingerprint density at radius 1 is 1.46 bits per heavy atom. The molecular weight excluding hydrogens is 310 g/mol. The number of hydrogen-bond acceptors (Lipinski definition) is 4. The summed E-state index contributed by atoms with van der Waals surface area (Å²) in [4.78, 5) is 28.0. The summed E-state index contributed by atoms with van der Waals surface area (Å²) in [5, 5.41) is 3.16. The van der Waals surface area contributed by atoms with E-state index in [0.29, 0.717) is 19.6 Å². The first-order valence-corrected chi connectivity index (χ1v) is 8.97. The summed E-state index contributed by atoms with van der Waals surface area (Å²) in [5.41, 5.74) is -0.0127. The molecule has 0 aromatic rings. The lowest BCUT2D eigenvalue weighted by atomic mass is 9.57. The Morgan fingerprint density at radius 3 is 2.75 bits per heavy atom. The van der Waals surface area contributed by atoms with Gasteiger partial charge in [0.1, 0.15) is 6.04 Å². The normalized spacial score (nSPS) is 31.9. The number of rotatable bonds is 4. The number of amides is 3. The largest absolute Gasteiger partial charge is 0.381 e. The molecule has 1 N–H and O–H groups in total. The van der Waals surface area contributed by atoms with E-state index in [1.54, 1.807) is 23.9 Å². The Hall–Kier alpha value is -1.34. The van der Waals surface area contributed by atoms with Crippen molar-refractivity contribution >= 4 is 11.9 Å². The van der Waals surface area contributed by atoms with Gasteiger partial charge in [0.05, 0.1) is 6.10 Å². The van der Waals surface area contributed by atoms with Crippen LogP contribution in [0, 0.1) is 5.41 Å². The van der Waals surface area contributed by atoms with E-state index < -0.39 is 0 Å². The van der Waals surface area contributed by atoms with Crippen LogP contribution in [-0.2, 0) is 14.3 Å². The molecule has 3 unspecified atom stereocenters. The van der Waals surface area contributed by atoms with E-state index in [2.05, 4.69) is 5.32 Å². The first-order chi connectivity index (χ1) is 11.5. The fourth-order valence-electron chi connectivity index (χ4n) is 4.36. The lowest BCUT2D eigenvalue weighted by molar-refractivity contribution is -0.170. The van der Waals surface area contributed by atoms with Gasteiger partial charge in [-0.3, -0.25) is 4.79 Å². The summed E-state index contributed by atoms with van der Waals surface area (Å²) in [6, 6.07) is -0.403. The number of carbonyl (C=O) groups excluding carboxylic acids is 2. The van der Waals surface area contributed by atoms with Gasteiger partial charge in [-0.1, -0.05) is 0 Å². The minimum atomic E-state index is -0.344. The molecule has 0 radical (unpaired) electrons. The zero-order valence-electron chi connectivity index (χ0n) is 14.9. The highest BCUT2D eigenvalue weighted by molar-refractivity contribution is 5.88. The maximum absolute atomic E-state index is 12.6. The molecule has 3 amide bonds. The van der Waals surface area contributed by atoms with Gasteiger partial charge in [-0.2, -0.15) is 0 Å². The van der Waals surface area contributed by atoms with Crippen molar-refractivity contribution in [2.45, 2.75) is 50.8 Å². The van der Waals surface area contributed by atoms with E-state index in [1.165, 1.54) is 0 Å². The predicted octanol–water partition coefficient (Wildman–Crippen LogP) is 0.833. The van der Waals surface area contributed by atoms with Crippen LogP contribution in [0.4, 0.5) is 4.79 Å². The Bertz CT molecular complexity index is 492. The lowest BCUT2D eigenvalue weighted by Gasteiger charge is -2.57. The fraction of sp³-hybridized carbons (Fsp3) is 0.882. The molecular formula is C17H29N3O4. The molecule has 1 saturated carbocycles. The van der Waals surface area contributed by atoms with E-state index in [9.17, 15) is 9.59 Å². The van der Waals surface area contributed by atoms with Crippen LogP contribution in [-0.4, -0.2) is 80.4 Å². The number of carbonyl (C=O) groups is 2. The SMILES string of the molecule is CCOC1CC(NC(=O)N(C)C2CCN(C)C2=O)C12CCOCC2. The standard InChI is InChI=1S/C17H29N3O4/c1-4-24-14-11-13(17(14)6-9-23-10-7-17)18-16(22)20(3)12-5-8-19(2)15(12)21/h12-14H,4-11H2,1-3H3,(H,18,22). The number of likely N-dealkylation sites (N-methyl/N-ethyl adjacent to an activating group) is 2. The van der Waals surface area contributed by atoms with Crippen LogP contribution >= 0.6 is 0 Å². The summed E-state index contributed by atoms with van der Waals surface area (Å²) in [5.74, 6) is 0.0224. The van der Waals surface area contributed by atoms with Gasteiger partial charge >= 0.3 is 6.03 Å². The van der Waals surface area contributed by atoms with E-state index in [4.69, 9.17) is 9.47 Å². The fourth-order valence-corrected chi connectivity index (χ4v) is 4.36. The van der Waals surface area contributed by atoms with Gasteiger partial charge in [-0.25, -0.2) is 4.79 Å². The minimum absolute atomic E-state index is 0.0127. The minimum Gasteiger partial charge on any atom is -0.381 e. The van der Waals surface area contributed by atoms with Crippen molar-refractivity contribution < 1.29 is 19.1 Å². The highest BCUT2D eigenvalue weighted by atomic mass is 16.5. The lowest BCUT2D eigenvalue weighted by Crippen LogP contribution is -2.67. The highest BCUT2D eigenvalue weighted by Crippen LogP contribution is 2.50. The second-order valence-electron chi connectivity index (χ2n) is 7.20. The molecule has 7 heteroatoms. The van der Waals surface area contributed by atoms with Crippen LogP contribution in [0.3, 0.4) is 0 Å². The maximum Gasteiger partial charge on any atom is 0.318 e. The number of likely N-dealkylation sites (tertiary alicyclic amines) is 1. The summed E-state index contributed by atoms with van der Waals surface area (Å²) in [6.07, 6.45) is 3.56. The molecule has 2 saturated heterocycles. The summed E-state index contributed by atoms with van der Waals surface area (Å²) in [7, 11) is 3.50. The molecule has 7 nitrogen and oxygen atoms in total. The molecule has 3 fully saturated rings. The van der Waals surface area contributed by atoms with Gasteiger partial charge in [0.25, 0.3) is 0 Å². The molecule has 3 rings (SSSR count). The molecule has 24 heavy (non-hydrogen) atoms. The first-order valence-electron chi connectivity index (χ1n) is 8.97.